The number of rotatable bonds is 5. The molecule has 16 heavy (non-hydrogen) atoms. The summed E-state index contributed by atoms with van der Waals surface area (Å²) in [5.41, 5.74) is -0.155. The highest BCUT2D eigenvalue weighted by Crippen LogP contribution is 2.03. The van der Waals surface area contributed by atoms with Crippen molar-refractivity contribution in [3.63, 3.8) is 0 Å². The molecule has 88 valence electrons. The fourth-order valence-electron chi connectivity index (χ4n) is 1.18. The molecular formula is C10H14ClN3O2. The molecule has 0 fully saturated rings. The molecule has 1 amide bonds. The summed E-state index contributed by atoms with van der Waals surface area (Å²) in [5.74, 6) is -0.335. The number of aromatic nitrogens is 2. The van der Waals surface area contributed by atoms with E-state index in [0.29, 0.717) is 6.54 Å². The molecule has 0 saturated carbocycles. The van der Waals surface area contributed by atoms with Crippen molar-refractivity contribution < 1.29 is 4.79 Å². The van der Waals surface area contributed by atoms with Crippen molar-refractivity contribution in [1.82, 2.24) is 15.5 Å². The molecule has 0 saturated heterocycles. The molecule has 0 aromatic carbocycles. The lowest BCUT2D eigenvalue weighted by Crippen LogP contribution is -2.31. The zero-order valence-electron chi connectivity index (χ0n) is 9.00. The summed E-state index contributed by atoms with van der Waals surface area (Å²) in [7, 11) is 0. The second-order valence-electron chi connectivity index (χ2n) is 3.40. The first-order valence-electron chi connectivity index (χ1n) is 5.11. The number of carbonyl (C=O) groups excluding carboxylic acids is 1. The summed E-state index contributed by atoms with van der Waals surface area (Å²) < 4.78 is 0. The van der Waals surface area contributed by atoms with Gasteiger partial charge in [0.05, 0.1) is 5.38 Å². The zero-order chi connectivity index (χ0) is 12.0. The van der Waals surface area contributed by atoms with Crippen LogP contribution < -0.4 is 10.9 Å². The summed E-state index contributed by atoms with van der Waals surface area (Å²) in [4.78, 5) is 22.2. The average molecular weight is 244 g/mol. The van der Waals surface area contributed by atoms with E-state index < -0.39 is 0 Å². The van der Waals surface area contributed by atoms with Crippen LogP contribution >= 0.6 is 11.6 Å². The van der Waals surface area contributed by atoms with Crippen LogP contribution in [0.1, 0.15) is 30.3 Å². The number of hydrogen-bond acceptors (Lipinski definition) is 3. The molecule has 0 aliphatic rings. The number of aromatic amines is 1. The van der Waals surface area contributed by atoms with E-state index in [2.05, 4.69) is 15.5 Å². The molecule has 1 aromatic rings. The average Bonchev–Trinajstić information content (AvgIpc) is 2.27. The van der Waals surface area contributed by atoms with E-state index in [1.165, 1.54) is 12.1 Å². The highest BCUT2D eigenvalue weighted by atomic mass is 35.5. The summed E-state index contributed by atoms with van der Waals surface area (Å²) >= 11 is 5.94. The highest BCUT2D eigenvalue weighted by Gasteiger charge is 2.09. The molecule has 2 N–H and O–H groups in total. The van der Waals surface area contributed by atoms with E-state index in [0.717, 1.165) is 12.8 Å². The van der Waals surface area contributed by atoms with Crippen LogP contribution in [0.3, 0.4) is 0 Å². The summed E-state index contributed by atoms with van der Waals surface area (Å²) in [6, 6.07) is 2.63. The predicted octanol–water partition coefficient (Wildman–Crippen LogP) is 0.907. The van der Waals surface area contributed by atoms with Crippen molar-refractivity contribution in [2.24, 2.45) is 0 Å². The number of halogens is 1. The largest absolute Gasteiger partial charge is 0.349 e. The number of H-pyrrole nitrogens is 1. The van der Waals surface area contributed by atoms with Crippen LogP contribution in [0, 0.1) is 0 Å². The van der Waals surface area contributed by atoms with Gasteiger partial charge in [-0.2, -0.15) is 5.10 Å². The first-order valence-corrected chi connectivity index (χ1v) is 5.55. The molecule has 0 radical (unpaired) electrons. The minimum Gasteiger partial charge on any atom is -0.349 e. The van der Waals surface area contributed by atoms with Gasteiger partial charge in [0.1, 0.15) is 5.69 Å². The maximum atomic E-state index is 11.5. The van der Waals surface area contributed by atoms with Gasteiger partial charge in [-0.3, -0.25) is 9.59 Å². The molecule has 0 bridgehead atoms. The van der Waals surface area contributed by atoms with Crippen LogP contribution in [-0.2, 0) is 0 Å². The first-order chi connectivity index (χ1) is 7.63. The van der Waals surface area contributed by atoms with Gasteiger partial charge in [0.2, 0.25) is 0 Å². The molecule has 5 nitrogen and oxygen atoms in total. The Labute approximate surface area is 98.2 Å². The van der Waals surface area contributed by atoms with Gasteiger partial charge in [0.15, 0.2) is 0 Å². The molecule has 0 spiro atoms. The number of alkyl halides is 1. The van der Waals surface area contributed by atoms with E-state index in [1.54, 1.807) is 0 Å². The van der Waals surface area contributed by atoms with E-state index in [4.69, 9.17) is 11.6 Å². The fourth-order valence-corrected chi connectivity index (χ4v) is 1.48. The van der Waals surface area contributed by atoms with Crippen molar-refractivity contribution in [2.75, 3.05) is 6.54 Å². The Morgan fingerprint density at radius 2 is 2.38 bits per heavy atom. The van der Waals surface area contributed by atoms with E-state index in [9.17, 15) is 9.59 Å². The Hall–Kier alpha value is -1.36. The number of nitrogens with zero attached hydrogens (tertiary/aromatic N) is 1. The number of carbonyl (C=O) groups is 1. The van der Waals surface area contributed by atoms with Gasteiger partial charge in [-0.25, -0.2) is 5.10 Å². The highest BCUT2D eigenvalue weighted by molar-refractivity contribution is 6.20. The van der Waals surface area contributed by atoms with E-state index in [1.807, 2.05) is 6.92 Å². The lowest BCUT2D eigenvalue weighted by molar-refractivity contribution is 0.0947. The van der Waals surface area contributed by atoms with Gasteiger partial charge in [-0.1, -0.05) is 13.3 Å². The molecule has 1 atom stereocenters. The molecular weight excluding hydrogens is 230 g/mol. The van der Waals surface area contributed by atoms with Gasteiger partial charge in [-0.05, 0) is 12.5 Å². The van der Waals surface area contributed by atoms with Crippen LogP contribution in [-0.4, -0.2) is 28.0 Å². The molecule has 1 rings (SSSR count). The zero-order valence-corrected chi connectivity index (χ0v) is 9.75. The number of amides is 1. The lowest BCUT2D eigenvalue weighted by Gasteiger charge is -2.08. The second kappa shape index (κ2) is 6.27. The monoisotopic (exact) mass is 243 g/mol. The standard InChI is InChI=1S/C10H14ClN3O2/c1-2-3-7(11)6-12-10(16)8-4-5-9(15)14-13-8/h4-5,7H,2-3,6H2,1H3,(H,12,16)(H,14,15). The molecule has 6 heteroatoms. The maximum Gasteiger partial charge on any atom is 0.271 e. The minimum atomic E-state index is -0.335. The number of hydrogen-bond donors (Lipinski definition) is 2. The van der Waals surface area contributed by atoms with Crippen molar-refractivity contribution in [2.45, 2.75) is 25.1 Å². The lowest BCUT2D eigenvalue weighted by atomic mass is 10.2. The third-order valence-corrected chi connectivity index (χ3v) is 2.37. The Balaban J connectivity index is 2.46. The summed E-state index contributed by atoms with van der Waals surface area (Å²) in [5, 5.41) is 8.38. The molecule has 0 aliphatic heterocycles. The van der Waals surface area contributed by atoms with Crippen molar-refractivity contribution in [1.29, 1.82) is 0 Å². The maximum absolute atomic E-state index is 11.5. The SMILES string of the molecule is CCCC(Cl)CNC(=O)c1ccc(=O)[nH]n1. The van der Waals surface area contributed by atoms with Gasteiger partial charge in [-0.15, -0.1) is 11.6 Å². The Morgan fingerprint density at radius 1 is 1.62 bits per heavy atom. The number of nitrogens with one attached hydrogen (secondary N) is 2. The quantitative estimate of drug-likeness (QED) is 0.755. The Bertz CT molecular complexity index is 385. The normalized spacial score (nSPS) is 12.1. The Morgan fingerprint density at radius 3 is 2.94 bits per heavy atom. The van der Waals surface area contributed by atoms with Crippen LogP contribution in [0.5, 0.6) is 0 Å². The first kappa shape index (κ1) is 12.7. The van der Waals surface area contributed by atoms with Crippen LogP contribution in [0.4, 0.5) is 0 Å². The van der Waals surface area contributed by atoms with Crippen molar-refractivity contribution in [3.05, 3.63) is 28.2 Å². The van der Waals surface area contributed by atoms with Gasteiger partial charge in [0.25, 0.3) is 11.5 Å². The summed E-state index contributed by atoms with van der Waals surface area (Å²) in [6.45, 7) is 2.43. The van der Waals surface area contributed by atoms with Crippen LogP contribution in [0.15, 0.2) is 16.9 Å². The molecule has 1 heterocycles. The second-order valence-corrected chi connectivity index (χ2v) is 4.02. The van der Waals surface area contributed by atoms with Crippen molar-refractivity contribution >= 4 is 17.5 Å². The third kappa shape index (κ3) is 4.02. The molecule has 0 aliphatic carbocycles. The van der Waals surface area contributed by atoms with Gasteiger partial charge >= 0.3 is 0 Å². The van der Waals surface area contributed by atoms with Crippen LogP contribution in [0.2, 0.25) is 0 Å². The molecule has 1 unspecified atom stereocenters. The fraction of sp³-hybridized carbons (Fsp3) is 0.500. The van der Waals surface area contributed by atoms with Gasteiger partial charge in [0, 0.05) is 12.6 Å². The molecule has 1 aromatic heterocycles. The van der Waals surface area contributed by atoms with E-state index >= 15 is 0 Å². The van der Waals surface area contributed by atoms with Crippen LogP contribution in [0.25, 0.3) is 0 Å². The minimum absolute atomic E-state index is 0.0725. The van der Waals surface area contributed by atoms with Crippen molar-refractivity contribution in [3.8, 4) is 0 Å². The van der Waals surface area contributed by atoms with Gasteiger partial charge < -0.3 is 5.32 Å². The predicted molar refractivity (Wildman–Crippen MR) is 61.7 cm³/mol. The summed E-state index contributed by atoms with van der Waals surface area (Å²) in [6.07, 6.45) is 1.82. The third-order valence-electron chi connectivity index (χ3n) is 2.00. The Kier molecular flexibility index (Phi) is 4.98. The van der Waals surface area contributed by atoms with E-state index in [-0.39, 0.29) is 22.5 Å². The smallest absolute Gasteiger partial charge is 0.271 e. The topological polar surface area (TPSA) is 74.8 Å².